The minimum atomic E-state index is -0.160. The average molecular weight is 511 g/mol. The van der Waals surface area contributed by atoms with Gasteiger partial charge in [-0.05, 0) is 50.3 Å². The van der Waals surface area contributed by atoms with Crippen LogP contribution in [0.15, 0.2) is 53.5 Å². The Morgan fingerprint density at radius 1 is 1.21 bits per heavy atom. The molecule has 0 aromatic heterocycles. The van der Waals surface area contributed by atoms with E-state index in [0.717, 1.165) is 31.0 Å². The number of rotatable bonds is 6. The van der Waals surface area contributed by atoms with Gasteiger partial charge in [-0.2, -0.15) is 0 Å². The van der Waals surface area contributed by atoms with E-state index in [1.54, 1.807) is 13.1 Å². The van der Waals surface area contributed by atoms with E-state index in [4.69, 9.17) is 0 Å². The van der Waals surface area contributed by atoms with E-state index in [2.05, 4.69) is 44.8 Å². The molecule has 0 amide bonds. The first-order chi connectivity index (χ1) is 13.5. The fraction of sp³-hybridized carbons (Fsp3) is 0.409. The highest BCUT2D eigenvalue weighted by Gasteiger charge is 2.23. The van der Waals surface area contributed by atoms with Gasteiger partial charge in [-0.1, -0.05) is 24.3 Å². The summed E-state index contributed by atoms with van der Waals surface area (Å²) in [6, 6.07) is 16.1. The molecule has 1 heterocycles. The third-order valence-electron chi connectivity index (χ3n) is 4.93. The van der Waals surface area contributed by atoms with Crippen molar-refractivity contribution >= 4 is 35.6 Å². The van der Waals surface area contributed by atoms with E-state index in [0.29, 0.717) is 24.7 Å². The molecule has 3 rings (SSSR count). The van der Waals surface area contributed by atoms with Crippen LogP contribution in [0.25, 0.3) is 0 Å². The summed E-state index contributed by atoms with van der Waals surface area (Å²) in [7, 11) is 5.66. The Balaban J connectivity index is 0.00000300. The van der Waals surface area contributed by atoms with Crippen LogP contribution < -0.4 is 15.5 Å². The second kappa shape index (κ2) is 11.3. The number of hydrogen-bond donors (Lipinski definition) is 2. The van der Waals surface area contributed by atoms with Crippen molar-refractivity contribution in [1.82, 2.24) is 15.5 Å². The van der Waals surface area contributed by atoms with Crippen molar-refractivity contribution in [1.29, 1.82) is 0 Å². The van der Waals surface area contributed by atoms with Gasteiger partial charge in [0, 0.05) is 50.5 Å². The first-order valence-electron chi connectivity index (χ1n) is 9.74. The van der Waals surface area contributed by atoms with Crippen molar-refractivity contribution in [2.45, 2.75) is 25.6 Å². The number of nitrogens with one attached hydrogen (secondary N) is 2. The van der Waals surface area contributed by atoms with Crippen molar-refractivity contribution in [2.75, 3.05) is 39.1 Å². The number of aliphatic imine (C=N–C) groups is 1. The third kappa shape index (κ3) is 6.85. The van der Waals surface area contributed by atoms with Crippen LogP contribution in [0.5, 0.6) is 0 Å². The molecule has 0 radical (unpaired) electrons. The lowest BCUT2D eigenvalue weighted by molar-refractivity contribution is 0.392. The van der Waals surface area contributed by atoms with Crippen LogP contribution in [0.3, 0.4) is 0 Å². The molecule has 0 aliphatic carbocycles. The van der Waals surface area contributed by atoms with Crippen LogP contribution in [-0.2, 0) is 13.1 Å². The number of para-hydroxylation sites is 1. The predicted molar refractivity (Wildman–Crippen MR) is 130 cm³/mol. The van der Waals surface area contributed by atoms with E-state index in [-0.39, 0.29) is 29.8 Å². The Kier molecular flexibility index (Phi) is 9.16. The van der Waals surface area contributed by atoms with Crippen molar-refractivity contribution in [2.24, 2.45) is 4.99 Å². The van der Waals surface area contributed by atoms with Crippen LogP contribution in [0.2, 0.25) is 0 Å². The molecule has 29 heavy (non-hydrogen) atoms. The standard InChI is InChI=1S/C22H30FN5.HI/c1-24-22(25-14-17-9-10-21(23)18(13-17)15-27(2)3)26-19-11-12-28(16-19)20-7-5-4-6-8-20;/h4-10,13,19H,11-12,14-16H2,1-3H3,(H2,24,25,26);1H. The molecule has 0 bridgehead atoms. The number of guanidine groups is 1. The largest absolute Gasteiger partial charge is 0.369 e. The summed E-state index contributed by atoms with van der Waals surface area (Å²) in [6.07, 6.45) is 1.07. The van der Waals surface area contributed by atoms with Gasteiger partial charge in [0.2, 0.25) is 0 Å². The van der Waals surface area contributed by atoms with Crippen LogP contribution in [-0.4, -0.2) is 51.1 Å². The fourth-order valence-corrected chi connectivity index (χ4v) is 3.53. The Morgan fingerprint density at radius 3 is 2.66 bits per heavy atom. The topological polar surface area (TPSA) is 42.9 Å². The molecule has 0 spiro atoms. The number of benzene rings is 2. The highest BCUT2D eigenvalue weighted by molar-refractivity contribution is 14.0. The smallest absolute Gasteiger partial charge is 0.191 e. The zero-order valence-corrected chi connectivity index (χ0v) is 19.7. The Hall–Kier alpha value is -1.87. The van der Waals surface area contributed by atoms with E-state index < -0.39 is 0 Å². The molecule has 1 fully saturated rings. The summed E-state index contributed by atoms with van der Waals surface area (Å²) in [5.41, 5.74) is 3.01. The fourth-order valence-electron chi connectivity index (χ4n) is 3.53. The molecule has 2 aromatic carbocycles. The predicted octanol–water partition coefficient (Wildman–Crippen LogP) is 3.45. The SMILES string of the molecule is CN=C(NCc1ccc(F)c(CN(C)C)c1)NC1CCN(c2ccccc2)C1.I. The summed E-state index contributed by atoms with van der Waals surface area (Å²) >= 11 is 0. The van der Waals surface area contributed by atoms with Crippen molar-refractivity contribution in [3.8, 4) is 0 Å². The van der Waals surface area contributed by atoms with E-state index in [9.17, 15) is 4.39 Å². The number of anilines is 1. The number of halogens is 2. The minimum absolute atomic E-state index is 0. The van der Waals surface area contributed by atoms with E-state index in [1.807, 2.05) is 37.2 Å². The van der Waals surface area contributed by atoms with Gasteiger partial charge in [0.1, 0.15) is 5.82 Å². The maximum atomic E-state index is 14.0. The molecule has 7 heteroatoms. The molecule has 1 atom stereocenters. The lowest BCUT2D eigenvalue weighted by Crippen LogP contribution is -2.44. The van der Waals surface area contributed by atoms with Gasteiger partial charge in [0.15, 0.2) is 5.96 Å². The molecular weight excluding hydrogens is 480 g/mol. The Bertz CT molecular complexity index is 797. The molecule has 2 N–H and O–H groups in total. The van der Waals surface area contributed by atoms with Gasteiger partial charge in [0.25, 0.3) is 0 Å². The zero-order valence-electron chi connectivity index (χ0n) is 17.4. The number of nitrogens with zero attached hydrogens (tertiary/aromatic N) is 3. The Labute approximate surface area is 190 Å². The Morgan fingerprint density at radius 2 is 1.97 bits per heavy atom. The monoisotopic (exact) mass is 511 g/mol. The van der Waals surface area contributed by atoms with Gasteiger partial charge >= 0.3 is 0 Å². The molecule has 0 saturated carbocycles. The van der Waals surface area contributed by atoms with Gasteiger partial charge in [-0.3, -0.25) is 4.99 Å². The molecular formula is C22H31FIN5. The summed E-state index contributed by atoms with van der Waals surface area (Å²) in [5, 5.41) is 6.86. The van der Waals surface area contributed by atoms with E-state index in [1.165, 1.54) is 5.69 Å². The van der Waals surface area contributed by atoms with Crippen molar-refractivity contribution in [3.63, 3.8) is 0 Å². The normalized spacial score (nSPS) is 16.7. The first kappa shape index (κ1) is 23.4. The lowest BCUT2D eigenvalue weighted by Gasteiger charge is -2.20. The summed E-state index contributed by atoms with van der Waals surface area (Å²) in [5.74, 6) is 0.616. The van der Waals surface area contributed by atoms with Gasteiger partial charge in [-0.15, -0.1) is 24.0 Å². The quantitative estimate of drug-likeness (QED) is 0.355. The minimum Gasteiger partial charge on any atom is -0.369 e. The van der Waals surface area contributed by atoms with Crippen molar-refractivity contribution < 1.29 is 4.39 Å². The molecule has 1 aliphatic rings. The third-order valence-corrected chi connectivity index (χ3v) is 4.93. The second-order valence-electron chi connectivity index (χ2n) is 7.50. The van der Waals surface area contributed by atoms with Crippen LogP contribution >= 0.6 is 24.0 Å². The average Bonchev–Trinajstić information content (AvgIpc) is 3.16. The zero-order chi connectivity index (χ0) is 19.9. The molecule has 1 aliphatic heterocycles. The molecule has 1 unspecified atom stereocenters. The first-order valence-corrected chi connectivity index (χ1v) is 9.74. The molecule has 2 aromatic rings. The highest BCUT2D eigenvalue weighted by atomic mass is 127. The summed E-state index contributed by atoms with van der Waals surface area (Å²) < 4.78 is 14.0. The van der Waals surface area contributed by atoms with Gasteiger partial charge in [0.05, 0.1) is 0 Å². The maximum absolute atomic E-state index is 14.0. The molecule has 158 valence electrons. The van der Waals surface area contributed by atoms with Crippen LogP contribution in [0.4, 0.5) is 10.1 Å². The van der Waals surface area contributed by atoms with Gasteiger partial charge in [-0.25, -0.2) is 4.39 Å². The second-order valence-corrected chi connectivity index (χ2v) is 7.50. The van der Waals surface area contributed by atoms with E-state index >= 15 is 0 Å². The number of hydrogen-bond acceptors (Lipinski definition) is 3. The van der Waals surface area contributed by atoms with Crippen molar-refractivity contribution in [3.05, 3.63) is 65.5 Å². The maximum Gasteiger partial charge on any atom is 0.191 e. The van der Waals surface area contributed by atoms with Crippen LogP contribution in [0, 0.1) is 5.82 Å². The summed E-state index contributed by atoms with van der Waals surface area (Å²) in [6.45, 7) is 3.18. The summed E-state index contributed by atoms with van der Waals surface area (Å²) in [4.78, 5) is 8.70. The lowest BCUT2D eigenvalue weighted by atomic mass is 10.1. The molecule has 1 saturated heterocycles. The van der Waals surface area contributed by atoms with Gasteiger partial charge < -0.3 is 20.4 Å². The molecule has 5 nitrogen and oxygen atoms in total. The highest BCUT2D eigenvalue weighted by Crippen LogP contribution is 2.19. The van der Waals surface area contributed by atoms with Crippen LogP contribution in [0.1, 0.15) is 17.5 Å².